The number of aryl methyl sites for hydroxylation is 1. The van der Waals surface area contributed by atoms with Crippen molar-refractivity contribution in [3.63, 3.8) is 0 Å². The van der Waals surface area contributed by atoms with E-state index in [1.807, 2.05) is 0 Å². The standard InChI is InChI=1S/C13H14N2O3S/c1-15-8-6-12(14-15)13(16)7-9-19(17,18)11-5-3-2-4-10(11)13/h2-6,8,16H,7,9H2,1H3. The summed E-state index contributed by atoms with van der Waals surface area (Å²) in [5, 5.41) is 15.1. The van der Waals surface area contributed by atoms with Crippen LogP contribution in [-0.4, -0.2) is 29.1 Å². The van der Waals surface area contributed by atoms with E-state index in [0.29, 0.717) is 11.3 Å². The largest absolute Gasteiger partial charge is 0.379 e. The third-order valence-corrected chi connectivity index (χ3v) is 5.31. The summed E-state index contributed by atoms with van der Waals surface area (Å²) in [5.41, 5.74) is -0.430. The number of fused-ring (bicyclic) bond motifs is 1. The fourth-order valence-corrected chi connectivity index (χ4v) is 4.15. The summed E-state index contributed by atoms with van der Waals surface area (Å²) < 4.78 is 25.7. The molecule has 1 atom stereocenters. The van der Waals surface area contributed by atoms with Crippen molar-refractivity contribution in [2.45, 2.75) is 16.9 Å². The van der Waals surface area contributed by atoms with Crippen LogP contribution in [0.25, 0.3) is 0 Å². The quantitative estimate of drug-likeness (QED) is 0.839. The average Bonchev–Trinajstić information content (AvgIpc) is 2.82. The maximum Gasteiger partial charge on any atom is 0.178 e. The molecule has 1 aliphatic heterocycles. The maximum atomic E-state index is 12.1. The van der Waals surface area contributed by atoms with Gasteiger partial charge in [0.05, 0.1) is 16.3 Å². The summed E-state index contributed by atoms with van der Waals surface area (Å²) in [4.78, 5) is 0.203. The molecular weight excluding hydrogens is 264 g/mol. The number of nitrogens with zero attached hydrogens (tertiary/aromatic N) is 2. The molecule has 1 aromatic heterocycles. The molecule has 0 bridgehead atoms. The van der Waals surface area contributed by atoms with Crippen LogP contribution in [0.4, 0.5) is 0 Å². The van der Waals surface area contributed by atoms with Gasteiger partial charge in [-0.15, -0.1) is 0 Å². The Hall–Kier alpha value is -1.66. The number of benzene rings is 1. The van der Waals surface area contributed by atoms with Gasteiger partial charge in [0.1, 0.15) is 5.60 Å². The Morgan fingerprint density at radius 3 is 2.74 bits per heavy atom. The molecule has 3 rings (SSSR count). The van der Waals surface area contributed by atoms with Gasteiger partial charge < -0.3 is 5.11 Å². The van der Waals surface area contributed by atoms with E-state index in [2.05, 4.69) is 5.10 Å². The first-order valence-electron chi connectivity index (χ1n) is 5.98. The predicted molar refractivity (Wildman–Crippen MR) is 69.3 cm³/mol. The molecule has 0 spiro atoms. The highest BCUT2D eigenvalue weighted by Gasteiger charge is 2.43. The number of rotatable bonds is 1. The lowest BCUT2D eigenvalue weighted by Crippen LogP contribution is -2.36. The third-order valence-electron chi connectivity index (χ3n) is 3.54. The Balaban J connectivity index is 2.26. The number of hydrogen-bond donors (Lipinski definition) is 1. The molecule has 0 saturated heterocycles. The van der Waals surface area contributed by atoms with Crippen LogP contribution in [0, 0.1) is 0 Å². The second-order valence-electron chi connectivity index (χ2n) is 4.80. The third kappa shape index (κ3) is 1.79. The molecule has 2 aromatic rings. The summed E-state index contributed by atoms with van der Waals surface area (Å²) in [6, 6.07) is 8.31. The highest BCUT2D eigenvalue weighted by molar-refractivity contribution is 7.91. The minimum atomic E-state index is -3.31. The van der Waals surface area contributed by atoms with E-state index in [1.54, 1.807) is 42.2 Å². The van der Waals surface area contributed by atoms with Gasteiger partial charge in [-0.3, -0.25) is 4.68 Å². The lowest BCUT2D eigenvalue weighted by atomic mass is 9.87. The highest BCUT2D eigenvalue weighted by Crippen LogP contribution is 2.40. The maximum absolute atomic E-state index is 12.1. The predicted octanol–water partition coefficient (Wildman–Crippen LogP) is 0.833. The van der Waals surface area contributed by atoms with Crippen LogP contribution in [-0.2, 0) is 22.5 Å². The Labute approximate surface area is 111 Å². The second-order valence-corrected chi connectivity index (χ2v) is 6.88. The van der Waals surface area contributed by atoms with Crippen molar-refractivity contribution in [3.8, 4) is 0 Å². The lowest BCUT2D eigenvalue weighted by Gasteiger charge is -2.32. The van der Waals surface area contributed by atoms with Crippen molar-refractivity contribution in [1.29, 1.82) is 0 Å². The average molecular weight is 278 g/mol. The molecule has 1 N–H and O–H groups in total. The van der Waals surface area contributed by atoms with Crippen LogP contribution in [0.5, 0.6) is 0 Å². The fourth-order valence-electron chi connectivity index (χ4n) is 2.51. The summed E-state index contributed by atoms with van der Waals surface area (Å²) in [5.74, 6) is -0.0723. The Morgan fingerprint density at radius 1 is 1.32 bits per heavy atom. The molecule has 0 saturated carbocycles. The first kappa shape index (κ1) is 12.4. The smallest absolute Gasteiger partial charge is 0.178 e. The zero-order chi connectivity index (χ0) is 13.7. The van der Waals surface area contributed by atoms with Crippen LogP contribution in [0.15, 0.2) is 41.4 Å². The summed E-state index contributed by atoms with van der Waals surface area (Å²) >= 11 is 0. The molecule has 0 amide bonds. The zero-order valence-electron chi connectivity index (χ0n) is 10.4. The minimum Gasteiger partial charge on any atom is -0.379 e. The van der Waals surface area contributed by atoms with E-state index in [1.165, 1.54) is 6.07 Å². The first-order chi connectivity index (χ1) is 8.93. The van der Waals surface area contributed by atoms with Crippen molar-refractivity contribution < 1.29 is 13.5 Å². The molecule has 0 radical (unpaired) electrons. The molecule has 1 unspecified atom stereocenters. The van der Waals surface area contributed by atoms with Gasteiger partial charge in [0, 0.05) is 25.2 Å². The molecule has 0 aliphatic carbocycles. The van der Waals surface area contributed by atoms with E-state index in [0.717, 1.165) is 0 Å². The number of sulfone groups is 1. The monoisotopic (exact) mass is 278 g/mol. The molecule has 19 heavy (non-hydrogen) atoms. The van der Waals surface area contributed by atoms with Crippen molar-refractivity contribution in [2.24, 2.45) is 7.05 Å². The Kier molecular flexibility index (Phi) is 2.55. The van der Waals surface area contributed by atoms with Gasteiger partial charge in [-0.2, -0.15) is 5.10 Å². The van der Waals surface area contributed by atoms with Crippen LogP contribution < -0.4 is 0 Å². The normalized spacial score (nSPS) is 24.9. The van der Waals surface area contributed by atoms with Crippen molar-refractivity contribution in [1.82, 2.24) is 9.78 Å². The second kappa shape index (κ2) is 3.91. The Bertz CT molecular complexity index is 736. The molecule has 100 valence electrons. The van der Waals surface area contributed by atoms with E-state index in [4.69, 9.17) is 0 Å². The fraction of sp³-hybridized carbons (Fsp3) is 0.308. The van der Waals surface area contributed by atoms with Crippen molar-refractivity contribution in [2.75, 3.05) is 5.75 Å². The van der Waals surface area contributed by atoms with Gasteiger partial charge in [-0.25, -0.2) is 8.42 Å². The first-order valence-corrected chi connectivity index (χ1v) is 7.63. The molecule has 1 aliphatic rings. The number of aromatic nitrogens is 2. The van der Waals surface area contributed by atoms with Gasteiger partial charge in [0.15, 0.2) is 9.84 Å². The molecule has 5 nitrogen and oxygen atoms in total. The summed E-state index contributed by atoms with van der Waals surface area (Å²) in [7, 11) is -1.55. The highest BCUT2D eigenvalue weighted by atomic mass is 32.2. The molecule has 0 fully saturated rings. The molecule has 6 heteroatoms. The zero-order valence-corrected chi connectivity index (χ0v) is 11.3. The lowest BCUT2D eigenvalue weighted by molar-refractivity contribution is 0.0666. The van der Waals surface area contributed by atoms with Gasteiger partial charge in [-0.05, 0) is 12.1 Å². The van der Waals surface area contributed by atoms with Crippen LogP contribution in [0.1, 0.15) is 17.7 Å². The molecule has 1 aromatic carbocycles. The Morgan fingerprint density at radius 2 is 2.05 bits per heavy atom. The van der Waals surface area contributed by atoms with E-state index in [9.17, 15) is 13.5 Å². The van der Waals surface area contributed by atoms with E-state index >= 15 is 0 Å². The number of hydrogen-bond acceptors (Lipinski definition) is 4. The van der Waals surface area contributed by atoms with Gasteiger partial charge in [-0.1, -0.05) is 18.2 Å². The van der Waals surface area contributed by atoms with Gasteiger partial charge >= 0.3 is 0 Å². The van der Waals surface area contributed by atoms with Crippen LogP contribution in [0.2, 0.25) is 0 Å². The van der Waals surface area contributed by atoms with Crippen LogP contribution in [0.3, 0.4) is 0 Å². The SMILES string of the molecule is Cn1ccc(C2(O)CCS(=O)(=O)c3ccccc32)n1. The topological polar surface area (TPSA) is 72.2 Å². The van der Waals surface area contributed by atoms with E-state index in [-0.39, 0.29) is 17.1 Å². The van der Waals surface area contributed by atoms with Crippen molar-refractivity contribution in [3.05, 3.63) is 47.8 Å². The molecular formula is C13H14N2O3S. The van der Waals surface area contributed by atoms with Gasteiger partial charge in [0.25, 0.3) is 0 Å². The summed E-state index contributed by atoms with van der Waals surface area (Å²) in [6.45, 7) is 0. The van der Waals surface area contributed by atoms with Crippen LogP contribution >= 0.6 is 0 Å². The van der Waals surface area contributed by atoms with Crippen molar-refractivity contribution >= 4 is 9.84 Å². The van der Waals surface area contributed by atoms with E-state index < -0.39 is 15.4 Å². The van der Waals surface area contributed by atoms with Gasteiger partial charge in [0.2, 0.25) is 0 Å². The minimum absolute atomic E-state index is 0.0723. The summed E-state index contributed by atoms with van der Waals surface area (Å²) in [6.07, 6.45) is 1.86. The molecule has 2 heterocycles. The number of aliphatic hydroxyl groups is 1.